The first-order chi connectivity index (χ1) is 17.9. The molecule has 0 radical (unpaired) electrons. The minimum Gasteiger partial charge on any atom is -0.352 e. The Kier molecular flexibility index (Phi) is 8.50. The van der Waals surface area contributed by atoms with E-state index >= 15 is 0 Å². The first-order valence-electron chi connectivity index (χ1n) is 12.4. The lowest BCUT2D eigenvalue weighted by atomic mass is 9.98. The molecule has 3 aromatic carbocycles. The lowest BCUT2D eigenvalue weighted by Crippen LogP contribution is -2.47. The summed E-state index contributed by atoms with van der Waals surface area (Å²) in [6.45, 7) is 2.53. The van der Waals surface area contributed by atoms with Crippen molar-refractivity contribution in [3.63, 3.8) is 0 Å². The molecule has 7 nitrogen and oxygen atoms in total. The third-order valence-electron chi connectivity index (χ3n) is 6.58. The van der Waals surface area contributed by atoms with Crippen LogP contribution in [0.4, 0.5) is 10.5 Å². The summed E-state index contributed by atoms with van der Waals surface area (Å²) in [7, 11) is 0. The zero-order chi connectivity index (χ0) is 26.4. The van der Waals surface area contributed by atoms with Gasteiger partial charge in [0.1, 0.15) is 6.04 Å². The second kappa shape index (κ2) is 12.0. The van der Waals surface area contributed by atoms with Gasteiger partial charge >= 0.3 is 6.03 Å². The standard InChI is InChI=1S/C29H32N4O3S/c1-3-27(34)32-25-14-12-21-16-23(37-2)13-15-26(21)33(28(25)35)18-19-8-10-20(11-9-19)24-7-5-4-6-22(24)17-31-29(30)36/h4-11,13,15-16,25H,3,12,14,17-18H2,1-2H3,(H,32,34)(H3,30,31,36)/t25-/m1/s1. The van der Waals surface area contributed by atoms with E-state index in [1.807, 2.05) is 66.9 Å². The van der Waals surface area contributed by atoms with Crippen LogP contribution in [0, 0.1) is 0 Å². The first-order valence-corrected chi connectivity index (χ1v) is 13.6. The molecule has 0 fully saturated rings. The molecule has 0 aliphatic carbocycles. The number of benzene rings is 3. The SMILES string of the molecule is CCC(=O)N[C@@H]1CCc2cc(SC)ccc2N(Cc2ccc(-c3ccccc3CNC(N)=O)cc2)C1=O. The summed E-state index contributed by atoms with van der Waals surface area (Å²) in [5, 5.41) is 5.57. The van der Waals surface area contributed by atoms with Gasteiger partial charge < -0.3 is 21.3 Å². The summed E-state index contributed by atoms with van der Waals surface area (Å²) in [5.41, 5.74) is 11.2. The number of carbonyl (C=O) groups excluding carboxylic acids is 3. The van der Waals surface area contributed by atoms with Crippen molar-refractivity contribution in [2.24, 2.45) is 5.73 Å². The Labute approximate surface area is 221 Å². The lowest BCUT2D eigenvalue weighted by Gasteiger charge is -2.27. The lowest BCUT2D eigenvalue weighted by molar-refractivity contribution is -0.127. The van der Waals surface area contributed by atoms with Gasteiger partial charge in [-0.15, -0.1) is 11.8 Å². The van der Waals surface area contributed by atoms with Gasteiger partial charge in [-0.25, -0.2) is 4.79 Å². The predicted octanol–water partition coefficient (Wildman–Crippen LogP) is 4.62. The van der Waals surface area contributed by atoms with Crippen molar-refractivity contribution in [2.75, 3.05) is 11.2 Å². The number of thioether (sulfide) groups is 1. The molecule has 37 heavy (non-hydrogen) atoms. The topological polar surface area (TPSA) is 105 Å². The van der Waals surface area contributed by atoms with E-state index in [0.29, 0.717) is 25.9 Å². The molecule has 8 heteroatoms. The van der Waals surface area contributed by atoms with Crippen LogP contribution in [0.25, 0.3) is 11.1 Å². The summed E-state index contributed by atoms with van der Waals surface area (Å²) in [5.74, 6) is -0.215. The molecule has 0 unspecified atom stereocenters. The molecule has 4 N–H and O–H groups in total. The molecule has 4 rings (SSSR count). The van der Waals surface area contributed by atoms with Crippen molar-refractivity contribution in [1.82, 2.24) is 10.6 Å². The maximum Gasteiger partial charge on any atom is 0.312 e. The number of hydrogen-bond acceptors (Lipinski definition) is 4. The molecule has 1 aliphatic rings. The number of fused-ring (bicyclic) bond motifs is 1. The third-order valence-corrected chi connectivity index (χ3v) is 7.30. The molecule has 1 heterocycles. The van der Waals surface area contributed by atoms with Crippen LogP contribution in [-0.2, 0) is 29.1 Å². The van der Waals surface area contributed by atoms with Crippen molar-refractivity contribution in [1.29, 1.82) is 0 Å². The van der Waals surface area contributed by atoms with E-state index in [-0.39, 0.29) is 11.8 Å². The highest BCUT2D eigenvalue weighted by Gasteiger charge is 2.31. The van der Waals surface area contributed by atoms with E-state index in [1.165, 1.54) is 0 Å². The van der Waals surface area contributed by atoms with Gasteiger partial charge in [0.05, 0.1) is 6.54 Å². The minimum absolute atomic E-state index is 0.0931. The first kappa shape index (κ1) is 26.3. The highest BCUT2D eigenvalue weighted by Crippen LogP contribution is 2.32. The smallest absolute Gasteiger partial charge is 0.312 e. The molecule has 0 aromatic heterocycles. The van der Waals surface area contributed by atoms with Gasteiger partial charge in [-0.3, -0.25) is 9.59 Å². The Morgan fingerprint density at radius 1 is 1.08 bits per heavy atom. The Hall–Kier alpha value is -3.78. The Morgan fingerprint density at radius 2 is 1.84 bits per heavy atom. The Balaban J connectivity index is 1.62. The average molecular weight is 517 g/mol. The van der Waals surface area contributed by atoms with Crippen LogP contribution < -0.4 is 21.3 Å². The molecule has 0 saturated heterocycles. The van der Waals surface area contributed by atoms with Crippen molar-refractivity contribution in [3.05, 3.63) is 83.4 Å². The number of nitrogens with two attached hydrogens (primary N) is 1. The Morgan fingerprint density at radius 3 is 2.54 bits per heavy atom. The number of primary amides is 1. The summed E-state index contributed by atoms with van der Waals surface area (Å²) >= 11 is 1.67. The predicted molar refractivity (Wildman–Crippen MR) is 148 cm³/mol. The fraction of sp³-hybridized carbons (Fsp3) is 0.276. The Bertz CT molecular complexity index is 1290. The molecule has 0 bridgehead atoms. The van der Waals surface area contributed by atoms with Crippen LogP contribution in [0.2, 0.25) is 0 Å². The van der Waals surface area contributed by atoms with Gasteiger partial charge in [0.15, 0.2) is 0 Å². The van der Waals surface area contributed by atoms with E-state index in [9.17, 15) is 14.4 Å². The van der Waals surface area contributed by atoms with E-state index in [0.717, 1.165) is 44.8 Å². The van der Waals surface area contributed by atoms with Crippen LogP contribution in [0.5, 0.6) is 0 Å². The van der Waals surface area contributed by atoms with Gasteiger partial charge in [-0.2, -0.15) is 0 Å². The fourth-order valence-corrected chi connectivity index (χ4v) is 5.05. The zero-order valence-electron chi connectivity index (χ0n) is 21.1. The summed E-state index contributed by atoms with van der Waals surface area (Å²) in [4.78, 5) is 39.9. The summed E-state index contributed by atoms with van der Waals surface area (Å²) in [6, 6.07) is 21.0. The zero-order valence-corrected chi connectivity index (χ0v) is 21.9. The van der Waals surface area contributed by atoms with Crippen LogP contribution in [-0.4, -0.2) is 30.1 Å². The quantitative estimate of drug-likeness (QED) is 0.380. The number of nitrogens with zero attached hydrogens (tertiary/aromatic N) is 1. The van der Waals surface area contributed by atoms with E-state index < -0.39 is 12.1 Å². The maximum atomic E-state index is 13.6. The molecule has 0 saturated carbocycles. The van der Waals surface area contributed by atoms with Gasteiger partial charge in [-0.05, 0) is 65.1 Å². The van der Waals surface area contributed by atoms with Crippen LogP contribution >= 0.6 is 11.8 Å². The maximum absolute atomic E-state index is 13.6. The third kappa shape index (κ3) is 6.32. The molecular weight excluding hydrogens is 484 g/mol. The number of hydrogen-bond donors (Lipinski definition) is 3. The van der Waals surface area contributed by atoms with Gasteiger partial charge in [-0.1, -0.05) is 55.5 Å². The minimum atomic E-state index is -0.564. The number of anilines is 1. The molecule has 3 aromatic rings. The highest BCUT2D eigenvalue weighted by molar-refractivity contribution is 7.98. The second-order valence-electron chi connectivity index (χ2n) is 9.00. The van der Waals surface area contributed by atoms with E-state index in [2.05, 4.69) is 16.7 Å². The average Bonchev–Trinajstić information content (AvgIpc) is 3.04. The van der Waals surface area contributed by atoms with Gasteiger partial charge in [0.25, 0.3) is 0 Å². The number of urea groups is 1. The molecule has 4 amide bonds. The fourth-order valence-electron chi connectivity index (χ4n) is 4.59. The van der Waals surface area contributed by atoms with Crippen LogP contribution in [0.15, 0.2) is 71.6 Å². The second-order valence-corrected chi connectivity index (χ2v) is 9.88. The number of nitrogens with one attached hydrogen (secondary N) is 2. The molecule has 0 spiro atoms. The van der Waals surface area contributed by atoms with E-state index in [1.54, 1.807) is 23.6 Å². The van der Waals surface area contributed by atoms with Crippen molar-refractivity contribution < 1.29 is 14.4 Å². The molecule has 1 atom stereocenters. The van der Waals surface area contributed by atoms with E-state index in [4.69, 9.17) is 5.73 Å². The number of aryl methyl sites for hydroxylation is 1. The summed E-state index contributed by atoms with van der Waals surface area (Å²) < 4.78 is 0. The number of amides is 4. The monoisotopic (exact) mass is 516 g/mol. The molecular formula is C29H32N4O3S. The molecule has 192 valence electrons. The van der Waals surface area contributed by atoms with Crippen molar-refractivity contribution in [2.45, 2.75) is 50.2 Å². The normalized spacial score (nSPS) is 15.0. The highest BCUT2D eigenvalue weighted by atomic mass is 32.2. The van der Waals surface area contributed by atoms with Crippen LogP contribution in [0.3, 0.4) is 0 Å². The van der Waals surface area contributed by atoms with Crippen molar-refractivity contribution >= 4 is 35.3 Å². The van der Waals surface area contributed by atoms with Gasteiger partial charge in [0, 0.05) is 23.5 Å². The van der Waals surface area contributed by atoms with Gasteiger partial charge in [0.2, 0.25) is 11.8 Å². The van der Waals surface area contributed by atoms with Crippen LogP contribution in [0.1, 0.15) is 36.5 Å². The molecule has 1 aliphatic heterocycles. The van der Waals surface area contributed by atoms with Crippen molar-refractivity contribution in [3.8, 4) is 11.1 Å². The largest absolute Gasteiger partial charge is 0.352 e. The summed E-state index contributed by atoms with van der Waals surface area (Å²) in [6.07, 6.45) is 3.66. The number of carbonyl (C=O) groups is 3. The number of rotatable bonds is 8.